The van der Waals surface area contributed by atoms with Gasteiger partial charge in [0, 0.05) is 42.5 Å². The highest BCUT2D eigenvalue weighted by molar-refractivity contribution is 8.00. The molecule has 0 atom stereocenters. The van der Waals surface area contributed by atoms with Crippen LogP contribution in [0.1, 0.15) is 19.5 Å². The van der Waals surface area contributed by atoms with E-state index < -0.39 is 10.0 Å². The highest BCUT2D eigenvalue weighted by Gasteiger charge is 2.35. The van der Waals surface area contributed by atoms with Crippen molar-refractivity contribution in [1.29, 1.82) is 0 Å². The Morgan fingerprint density at radius 1 is 1.47 bits per heavy atom. The summed E-state index contributed by atoms with van der Waals surface area (Å²) in [5.41, 5.74) is 0.601. The number of hydrogen-bond acceptors (Lipinski definition) is 4. The van der Waals surface area contributed by atoms with Crippen molar-refractivity contribution < 1.29 is 13.5 Å². The topological polar surface area (TPSA) is 62.5 Å². The zero-order valence-corrected chi connectivity index (χ0v) is 13.1. The number of sulfonamides is 1. The summed E-state index contributed by atoms with van der Waals surface area (Å²) in [5, 5.41) is 9.16. The van der Waals surface area contributed by atoms with Crippen LogP contribution in [0.3, 0.4) is 0 Å². The molecule has 1 N–H and O–H groups in total. The van der Waals surface area contributed by atoms with Crippen LogP contribution in [0.2, 0.25) is 0 Å². The fraction of sp³-hybridized carbons (Fsp3) is 0.667. The minimum Gasteiger partial charge on any atom is -0.390 e. The van der Waals surface area contributed by atoms with E-state index in [-0.39, 0.29) is 16.2 Å². The lowest BCUT2D eigenvalue weighted by molar-refractivity contribution is 0.272. The Morgan fingerprint density at radius 3 is 2.68 bits per heavy atom. The second kappa shape index (κ2) is 5.12. The number of thioether (sulfide) groups is 1. The quantitative estimate of drug-likeness (QED) is 0.906. The summed E-state index contributed by atoms with van der Waals surface area (Å²) in [4.78, 5) is 0.266. The zero-order chi connectivity index (χ0) is 14.3. The van der Waals surface area contributed by atoms with E-state index in [1.807, 2.05) is 0 Å². The van der Waals surface area contributed by atoms with Crippen LogP contribution in [-0.4, -0.2) is 46.0 Å². The Kier molecular flexibility index (Phi) is 4.02. The molecular weight excluding hydrogens is 284 g/mol. The van der Waals surface area contributed by atoms with Gasteiger partial charge in [-0.1, -0.05) is 0 Å². The summed E-state index contributed by atoms with van der Waals surface area (Å²) in [6, 6.07) is 1.55. The molecule has 0 aromatic carbocycles. The van der Waals surface area contributed by atoms with Crippen molar-refractivity contribution in [3.05, 3.63) is 18.0 Å². The molecule has 0 radical (unpaired) electrons. The second-order valence-electron chi connectivity index (χ2n) is 5.38. The smallest absolute Gasteiger partial charge is 0.244 e. The minimum atomic E-state index is -3.46. The summed E-state index contributed by atoms with van der Waals surface area (Å²) in [7, 11) is -1.72. The van der Waals surface area contributed by atoms with Gasteiger partial charge in [0.2, 0.25) is 10.0 Å². The molecule has 2 rings (SSSR count). The van der Waals surface area contributed by atoms with Gasteiger partial charge in [0.25, 0.3) is 0 Å². The molecule has 0 spiro atoms. The second-order valence-corrected chi connectivity index (χ2v) is 9.12. The van der Waals surface area contributed by atoms with Crippen LogP contribution in [0.25, 0.3) is 0 Å². The van der Waals surface area contributed by atoms with Crippen molar-refractivity contribution in [3.63, 3.8) is 0 Å². The van der Waals surface area contributed by atoms with Gasteiger partial charge in [-0.3, -0.25) is 0 Å². The van der Waals surface area contributed by atoms with Crippen LogP contribution in [0.5, 0.6) is 0 Å². The molecule has 19 heavy (non-hydrogen) atoms. The summed E-state index contributed by atoms with van der Waals surface area (Å²) >= 11 is 1.80. The number of hydrogen-bond donors (Lipinski definition) is 1. The van der Waals surface area contributed by atoms with E-state index >= 15 is 0 Å². The summed E-state index contributed by atoms with van der Waals surface area (Å²) < 4.78 is 28.3. The van der Waals surface area contributed by atoms with Gasteiger partial charge in [0.05, 0.1) is 6.61 Å². The van der Waals surface area contributed by atoms with E-state index in [0.717, 1.165) is 5.75 Å². The molecular formula is C12H20N2O3S2. The van der Waals surface area contributed by atoms with E-state index in [4.69, 9.17) is 5.11 Å². The van der Waals surface area contributed by atoms with E-state index in [0.29, 0.717) is 18.8 Å². The highest BCUT2D eigenvalue weighted by Crippen LogP contribution is 2.32. The molecule has 0 bridgehead atoms. The molecule has 1 saturated heterocycles. The third-order valence-corrected chi connectivity index (χ3v) is 6.38. The van der Waals surface area contributed by atoms with E-state index in [2.05, 4.69) is 13.8 Å². The number of aryl methyl sites for hydroxylation is 1. The van der Waals surface area contributed by atoms with Gasteiger partial charge in [-0.2, -0.15) is 16.1 Å². The number of aliphatic hydroxyl groups excluding tert-OH is 1. The first kappa shape index (κ1) is 14.9. The third-order valence-electron chi connectivity index (χ3n) is 3.27. The predicted molar refractivity (Wildman–Crippen MR) is 76.6 cm³/mol. The molecule has 1 aromatic heterocycles. The average Bonchev–Trinajstić information content (AvgIpc) is 2.70. The van der Waals surface area contributed by atoms with Crippen LogP contribution in [-0.2, 0) is 23.7 Å². The molecule has 0 unspecified atom stereocenters. The summed E-state index contributed by atoms with van der Waals surface area (Å²) in [6.45, 7) is 5.02. The SMILES string of the molecule is Cn1cc(S(=O)(=O)N2CCSC(C)(C)C2)cc1CO. The molecule has 5 nitrogen and oxygen atoms in total. The van der Waals surface area contributed by atoms with Gasteiger partial charge in [-0.15, -0.1) is 0 Å². The molecule has 1 fully saturated rings. The van der Waals surface area contributed by atoms with Gasteiger partial charge < -0.3 is 9.67 Å². The largest absolute Gasteiger partial charge is 0.390 e. The maximum atomic E-state index is 12.6. The van der Waals surface area contributed by atoms with E-state index in [1.165, 1.54) is 0 Å². The standard InChI is InChI=1S/C12H20N2O3S2/c1-12(2)9-14(4-5-18-12)19(16,17)11-6-10(8-15)13(3)7-11/h6-7,15H,4-5,8-9H2,1-3H3. The van der Waals surface area contributed by atoms with Crippen molar-refractivity contribution in [3.8, 4) is 0 Å². The van der Waals surface area contributed by atoms with E-state index in [9.17, 15) is 8.42 Å². The number of rotatable bonds is 3. The number of aromatic nitrogens is 1. The van der Waals surface area contributed by atoms with Crippen LogP contribution >= 0.6 is 11.8 Å². The zero-order valence-electron chi connectivity index (χ0n) is 11.5. The lowest BCUT2D eigenvalue weighted by atomic mass is 10.2. The summed E-state index contributed by atoms with van der Waals surface area (Å²) in [5.74, 6) is 0.811. The molecule has 0 amide bonds. The minimum absolute atomic E-state index is 0.0556. The first-order chi connectivity index (χ1) is 8.76. The molecule has 108 valence electrons. The summed E-state index contributed by atoms with van der Waals surface area (Å²) in [6.07, 6.45) is 1.57. The Labute approximate surface area is 118 Å². The van der Waals surface area contributed by atoms with Crippen molar-refractivity contribution in [2.24, 2.45) is 7.05 Å². The first-order valence-corrected chi connectivity index (χ1v) is 8.59. The Balaban J connectivity index is 2.31. The van der Waals surface area contributed by atoms with Gasteiger partial charge >= 0.3 is 0 Å². The Hall–Kier alpha value is -0.500. The maximum absolute atomic E-state index is 12.6. The molecule has 0 saturated carbocycles. The molecule has 2 heterocycles. The van der Waals surface area contributed by atoms with Gasteiger partial charge in [-0.05, 0) is 19.9 Å². The van der Waals surface area contributed by atoms with Crippen molar-refractivity contribution >= 4 is 21.8 Å². The number of aliphatic hydroxyl groups is 1. The lowest BCUT2D eigenvalue weighted by Crippen LogP contribution is -2.45. The van der Waals surface area contributed by atoms with Gasteiger partial charge in [0.1, 0.15) is 4.90 Å². The first-order valence-electron chi connectivity index (χ1n) is 6.16. The Morgan fingerprint density at radius 2 is 2.16 bits per heavy atom. The molecule has 1 aliphatic heterocycles. The van der Waals surface area contributed by atoms with Gasteiger partial charge in [0.15, 0.2) is 0 Å². The lowest BCUT2D eigenvalue weighted by Gasteiger charge is -2.36. The normalized spacial score (nSPS) is 20.6. The fourth-order valence-corrected chi connectivity index (χ4v) is 5.21. The monoisotopic (exact) mass is 304 g/mol. The van der Waals surface area contributed by atoms with Gasteiger partial charge in [-0.25, -0.2) is 8.42 Å². The highest BCUT2D eigenvalue weighted by atomic mass is 32.2. The van der Waals surface area contributed by atoms with Crippen LogP contribution in [0, 0.1) is 0 Å². The van der Waals surface area contributed by atoms with Crippen LogP contribution in [0.4, 0.5) is 0 Å². The Bertz CT molecular complexity index is 564. The fourth-order valence-electron chi connectivity index (χ4n) is 2.20. The van der Waals surface area contributed by atoms with Crippen molar-refractivity contribution in [2.75, 3.05) is 18.8 Å². The molecule has 1 aromatic rings. The molecule has 0 aliphatic carbocycles. The molecule has 7 heteroatoms. The van der Waals surface area contributed by atoms with Crippen LogP contribution in [0.15, 0.2) is 17.2 Å². The maximum Gasteiger partial charge on any atom is 0.244 e. The van der Waals surface area contributed by atoms with E-state index in [1.54, 1.807) is 39.9 Å². The predicted octanol–water partition coefficient (Wildman–Crippen LogP) is 1.03. The molecule has 1 aliphatic rings. The van der Waals surface area contributed by atoms with Crippen molar-refractivity contribution in [1.82, 2.24) is 8.87 Å². The average molecular weight is 304 g/mol. The third kappa shape index (κ3) is 2.99. The number of nitrogens with zero attached hydrogens (tertiary/aromatic N) is 2. The van der Waals surface area contributed by atoms with Crippen molar-refractivity contribution in [2.45, 2.75) is 30.1 Å². The van der Waals surface area contributed by atoms with Crippen LogP contribution < -0.4 is 0 Å².